The van der Waals surface area contributed by atoms with Crippen LogP contribution in [0.15, 0.2) is 22.7 Å². The van der Waals surface area contributed by atoms with Crippen LogP contribution < -0.4 is 0 Å². The Morgan fingerprint density at radius 1 is 1.25 bits per heavy atom. The molecule has 0 amide bonds. The van der Waals surface area contributed by atoms with Crippen molar-refractivity contribution in [2.45, 2.75) is 44.9 Å². The fraction of sp³-hybridized carbons (Fsp3) is 0.571. The van der Waals surface area contributed by atoms with Gasteiger partial charge in [0.15, 0.2) is 0 Å². The highest BCUT2D eigenvalue weighted by Crippen LogP contribution is 2.37. The van der Waals surface area contributed by atoms with Crippen molar-refractivity contribution >= 4 is 15.9 Å². The van der Waals surface area contributed by atoms with E-state index in [0.29, 0.717) is 10.4 Å². The van der Waals surface area contributed by atoms with E-state index in [9.17, 15) is 4.39 Å². The minimum Gasteiger partial charge on any atom is -0.206 e. The van der Waals surface area contributed by atoms with Crippen LogP contribution in [0.4, 0.5) is 4.39 Å². The lowest BCUT2D eigenvalue weighted by Crippen LogP contribution is -2.12. The van der Waals surface area contributed by atoms with Gasteiger partial charge in [0.2, 0.25) is 0 Å². The SMILES string of the molecule is CCC1CCC(c2ccc(Br)c(F)c2)CC1. The van der Waals surface area contributed by atoms with E-state index >= 15 is 0 Å². The minimum absolute atomic E-state index is 0.130. The topological polar surface area (TPSA) is 0 Å². The summed E-state index contributed by atoms with van der Waals surface area (Å²) in [5.74, 6) is 1.34. The van der Waals surface area contributed by atoms with Crippen molar-refractivity contribution in [1.29, 1.82) is 0 Å². The van der Waals surface area contributed by atoms with Gasteiger partial charge in [0.1, 0.15) is 5.82 Å². The molecule has 1 aliphatic carbocycles. The van der Waals surface area contributed by atoms with Crippen LogP contribution in [0.2, 0.25) is 0 Å². The molecule has 0 aromatic heterocycles. The van der Waals surface area contributed by atoms with Gasteiger partial charge < -0.3 is 0 Å². The number of rotatable bonds is 2. The molecular formula is C14H18BrF. The monoisotopic (exact) mass is 284 g/mol. The van der Waals surface area contributed by atoms with Crippen LogP contribution in [0.25, 0.3) is 0 Å². The Balaban J connectivity index is 2.05. The van der Waals surface area contributed by atoms with Gasteiger partial charge in [-0.05, 0) is 71.1 Å². The maximum Gasteiger partial charge on any atom is 0.137 e. The number of halogens is 2. The highest BCUT2D eigenvalue weighted by molar-refractivity contribution is 9.10. The van der Waals surface area contributed by atoms with Gasteiger partial charge in [-0.2, -0.15) is 0 Å². The molecule has 2 heteroatoms. The van der Waals surface area contributed by atoms with E-state index in [1.807, 2.05) is 6.07 Å². The fourth-order valence-electron chi connectivity index (χ4n) is 2.67. The molecule has 0 heterocycles. The molecule has 0 atom stereocenters. The van der Waals surface area contributed by atoms with Crippen LogP contribution in [0.3, 0.4) is 0 Å². The second kappa shape index (κ2) is 5.31. The first-order chi connectivity index (χ1) is 7.70. The second-order valence-electron chi connectivity index (χ2n) is 4.80. The zero-order valence-corrected chi connectivity index (χ0v) is 11.3. The Hall–Kier alpha value is -0.370. The molecule has 0 N–H and O–H groups in total. The maximum absolute atomic E-state index is 13.4. The molecule has 0 aliphatic heterocycles. The van der Waals surface area contributed by atoms with Crippen molar-refractivity contribution in [3.8, 4) is 0 Å². The van der Waals surface area contributed by atoms with Crippen LogP contribution in [-0.2, 0) is 0 Å². The van der Waals surface area contributed by atoms with Gasteiger partial charge in [0.25, 0.3) is 0 Å². The smallest absolute Gasteiger partial charge is 0.137 e. The van der Waals surface area contributed by atoms with Crippen molar-refractivity contribution < 1.29 is 4.39 Å². The highest BCUT2D eigenvalue weighted by Gasteiger charge is 2.21. The summed E-state index contributed by atoms with van der Waals surface area (Å²) < 4.78 is 14.0. The molecule has 0 spiro atoms. The van der Waals surface area contributed by atoms with Gasteiger partial charge in [0.05, 0.1) is 4.47 Å². The van der Waals surface area contributed by atoms with Gasteiger partial charge in [-0.15, -0.1) is 0 Å². The van der Waals surface area contributed by atoms with E-state index in [2.05, 4.69) is 28.9 Å². The summed E-state index contributed by atoms with van der Waals surface area (Å²) in [6.07, 6.45) is 6.35. The van der Waals surface area contributed by atoms with Gasteiger partial charge >= 0.3 is 0 Å². The predicted octanol–water partition coefficient (Wildman–Crippen LogP) is 5.27. The molecule has 1 aromatic rings. The van der Waals surface area contributed by atoms with Crippen molar-refractivity contribution in [3.05, 3.63) is 34.1 Å². The zero-order valence-electron chi connectivity index (χ0n) is 9.68. The van der Waals surface area contributed by atoms with E-state index in [0.717, 1.165) is 5.92 Å². The summed E-state index contributed by atoms with van der Waals surface area (Å²) in [6, 6.07) is 5.59. The molecule has 1 fully saturated rings. The molecule has 0 saturated heterocycles. The Bertz CT molecular complexity index is 354. The average molecular weight is 285 g/mol. The van der Waals surface area contributed by atoms with Gasteiger partial charge in [0, 0.05) is 0 Å². The molecule has 0 radical (unpaired) electrons. The number of hydrogen-bond donors (Lipinski definition) is 0. The summed E-state index contributed by atoms with van der Waals surface area (Å²) >= 11 is 3.20. The average Bonchev–Trinajstić information content (AvgIpc) is 2.33. The molecule has 2 rings (SSSR count). The lowest BCUT2D eigenvalue weighted by atomic mass is 9.78. The number of benzene rings is 1. The Kier molecular flexibility index (Phi) is 4.01. The third kappa shape index (κ3) is 2.65. The molecule has 88 valence electrons. The molecule has 1 aliphatic rings. The maximum atomic E-state index is 13.4. The molecule has 0 unspecified atom stereocenters. The lowest BCUT2D eigenvalue weighted by molar-refractivity contribution is 0.318. The van der Waals surface area contributed by atoms with Crippen LogP contribution in [-0.4, -0.2) is 0 Å². The summed E-state index contributed by atoms with van der Waals surface area (Å²) in [5, 5.41) is 0. The minimum atomic E-state index is -0.130. The molecule has 16 heavy (non-hydrogen) atoms. The Morgan fingerprint density at radius 2 is 1.94 bits per heavy atom. The molecule has 0 nitrogen and oxygen atoms in total. The van der Waals surface area contributed by atoms with Crippen LogP contribution in [0, 0.1) is 11.7 Å². The first-order valence-electron chi connectivity index (χ1n) is 6.15. The van der Waals surface area contributed by atoms with E-state index in [4.69, 9.17) is 0 Å². The third-order valence-electron chi connectivity index (χ3n) is 3.84. The molecule has 1 saturated carbocycles. The van der Waals surface area contributed by atoms with Crippen LogP contribution in [0.1, 0.15) is 50.5 Å². The number of hydrogen-bond acceptors (Lipinski definition) is 0. The summed E-state index contributed by atoms with van der Waals surface area (Å²) in [6.45, 7) is 2.27. The van der Waals surface area contributed by atoms with Gasteiger partial charge in [-0.25, -0.2) is 4.39 Å². The largest absolute Gasteiger partial charge is 0.206 e. The summed E-state index contributed by atoms with van der Waals surface area (Å²) in [5.41, 5.74) is 1.18. The van der Waals surface area contributed by atoms with E-state index < -0.39 is 0 Å². The first-order valence-corrected chi connectivity index (χ1v) is 6.95. The van der Waals surface area contributed by atoms with Crippen LogP contribution >= 0.6 is 15.9 Å². The van der Waals surface area contributed by atoms with Crippen molar-refractivity contribution in [3.63, 3.8) is 0 Å². The quantitative estimate of drug-likeness (QED) is 0.694. The third-order valence-corrected chi connectivity index (χ3v) is 4.48. The standard InChI is InChI=1S/C14H18BrF/c1-2-10-3-5-11(6-4-10)12-7-8-13(15)14(16)9-12/h7-11H,2-6H2,1H3. The summed E-state index contributed by atoms with van der Waals surface area (Å²) in [7, 11) is 0. The normalized spacial score (nSPS) is 25.7. The van der Waals surface area contributed by atoms with E-state index in [1.54, 1.807) is 6.07 Å². The van der Waals surface area contributed by atoms with E-state index in [1.165, 1.54) is 37.7 Å². The van der Waals surface area contributed by atoms with Crippen molar-refractivity contribution in [2.75, 3.05) is 0 Å². The van der Waals surface area contributed by atoms with Crippen molar-refractivity contribution in [1.82, 2.24) is 0 Å². The van der Waals surface area contributed by atoms with Gasteiger partial charge in [-0.3, -0.25) is 0 Å². The molecule has 0 bridgehead atoms. The second-order valence-corrected chi connectivity index (χ2v) is 5.65. The Labute approximate surface area is 105 Å². The Morgan fingerprint density at radius 3 is 2.50 bits per heavy atom. The van der Waals surface area contributed by atoms with Crippen molar-refractivity contribution in [2.24, 2.45) is 5.92 Å². The van der Waals surface area contributed by atoms with Gasteiger partial charge in [-0.1, -0.05) is 19.4 Å². The molecular weight excluding hydrogens is 267 g/mol. The highest BCUT2D eigenvalue weighted by atomic mass is 79.9. The summed E-state index contributed by atoms with van der Waals surface area (Å²) in [4.78, 5) is 0. The molecule has 1 aromatic carbocycles. The zero-order chi connectivity index (χ0) is 11.5. The predicted molar refractivity (Wildman–Crippen MR) is 69.1 cm³/mol. The first kappa shape index (κ1) is 12.1. The fourth-order valence-corrected chi connectivity index (χ4v) is 2.92. The van der Waals surface area contributed by atoms with E-state index in [-0.39, 0.29) is 5.82 Å². The van der Waals surface area contributed by atoms with Crippen LogP contribution in [0.5, 0.6) is 0 Å². The lowest BCUT2D eigenvalue weighted by Gasteiger charge is -2.28.